The Morgan fingerprint density at radius 3 is 2.70 bits per heavy atom. The van der Waals surface area contributed by atoms with E-state index < -0.39 is 10.8 Å². The highest BCUT2D eigenvalue weighted by Crippen LogP contribution is 2.24. The van der Waals surface area contributed by atoms with Crippen molar-refractivity contribution in [2.75, 3.05) is 13.2 Å². The fourth-order valence-corrected chi connectivity index (χ4v) is 4.59. The number of tetrazole rings is 1. The van der Waals surface area contributed by atoms with Gasteiger partial charge in [-0.2, -0.15) is 0 Å². The Morgan fingerprint density at radius 2 is 1.95 bits per heavy atom. The Kier molecular flexibility index (Phi) is 4.77. The lowest BCUT2D eigenvalue weighted by atomic mass is 10.0. The van der Waals surface area contributed by atoms with Crippen molar-refractivity contribution in [3.63, 3.8) is 0 Å². The van der Waals surface area contributed by atoms with Crippen LogP contribution in [0.15, 0.2) is 0 Å². The van der Waals surface area contributed by atoms with Crippen molar-refractivity contribution in [2.45, 2.75) is 56.1 Å². The van der Waals surface area contributed by atoms with E-state index in [2.05, 4.69) is 15.5 Å². The van der Waals surface area contributed by atoms with E-state index in [1.165, 1.54) is 12.8 Å². The summed E-state index contributed by atoms with van der Waals surface area (Å²) in [6.45, 7) is 2.49. The van der Waals surface area contributed by atoms with Crippen LogP contribution in [0, 0.1) is 5.92 Å². The second-order valence-electron chi connectivity index (χ2n) is 5.76. The Morgan fingerprint density at radius 1 is 1.20 bits per heavy atom. The molecule has 0 amide bonds. The zero-order valence-corrected chi connectivity index (χ0v) is 12.6. The third-order valence-corrected chi connectivity index (χ3v) is 6.08. The van der Waals surface area contributed by atoms with Crippen LogP contribution in [-0.2, 0) is 27.8 Å². The molecule has 7 heteroatoms. The standard InChI is InChI=1S/C13H22N4O2S/c18-20(12-3-1-2-4-12)10-13-14-15-16-17(13)9-11-5-7-19-8-6-11/h11-12H,1-10H2. The van der Waals surface area contributed by atoms with Gasteiger partial charge in [0.25, 0.3) is 0 Å². The number of nitrogens with zero attached hydrogens (tertiary/aromatic N) is 4. The Bertz CT molecular complexity index is 453. The van der Waals surface area contributed by atoms with Crippen molar-refractivity contribution < 1.29 is 8.95 Å². The summed E-state index contributed by atoms with van der Waals surface area (Å²) >= 11 is 0. The van der Waals surface area contributed by atoms with Gasteiger partial charge in [0, 0.05) is 35.8 Å². The van der Waals surface area contributed by atoms with E-state index in [0.29, 0.717) is 16.9 Å². The lowest BCUT2D eigenvalue weighted by Gasteiger charge is -2.21. The third kappa shape index (κ3) is 3.44. The van der Waals surface area contributed by atoms with E-state index in [-0.39, 0.29) is 0 Å². The second-order valence-corrected chi connectivity index (χ2v) is 7.48. The van der Waals surface area contributed by atoms with Crippen LogP contribution in [0.2, 0.25) is 0 Å². The lowest BCUT2D eigenvalue weighted by Crippen LogP contribution is -2.23. The topological polar surface area (TPSA) is 69.9 Å². The van der Waals surface area contributed by atoms with Crippen LogP contribution in [0.4, 0.5) is 0 Å². The van der Waals surface area contributed by atoms with Gasteiger partial charge in [-0.05, 0) is 42.0 Å². The van der Waals surface area contributed by atoms with Crippen LogP contribution in [0.25, 0.3) is 0 Å². The van der Waals surface area contributed by atoms with Gasteiger partial charge < -0.3 is 4.74 Å². The molecule has 2 aliphatic rings. The highest BCUT2D eigenvalue weighted by atomic mass is 32.2. The van der Waals surface area contributed by atoms with E-state index >= 15 is 0 Å². The summed E-state index contributed by atoms with van der Waals surface area (Å²) in [5.41, 5.74) is 0. The van der Waals surface area contributed by atoms with Crippen LogP contribution in [0.1, 0.15) is 44.3 Å². The first-order valence-electron chi connectivity index (χ1n) is 7.53. The normalized spacial score (nSPS) is 23.2. The van der Waals surface area contributed by atoms with Gasteiger partial charge in [-0.25, -0.2) is 4.68 Å². The summed E-state index contributed by atoms with van der Waals surface area (Å²) < 4.78 is 19.6. The maximum atomic E-state index is 12.3. The minimum Gasteiger partial charge on any atom is -0.381 e. The summed E-state index contributed by atoms with van der Waals surface area (Å²) in [7, 11) is -0.830. The Hall–Kier alpha value is -0.820. The fourth-order valence-electron chi connectivity index (χ4n) is 3.04. The molecular weight excluding hydrogens is 276 g/mol. The lowest BCUT2D eigenvalue weighted by molar-refractivity contribution is 0.0597. The maximum absolute atomic E-state index is 12.3. The average Bonchev–Trinajstić information content (AvgIpc) is 3.12. The molecule has 0 radical (unpaired) electrons. The molecule has 0 N–H and O–H groups in total. The molecule has 112 valence electrons. The number of hydrogen-bond acceptors (Lipinski definition) is 5. The van der Waals surface area contributed by atoms with Gasteiger partial charge in [0.05, 0.1) is 5.75 Å². The first-order chi connectivity index (χ1) is 9.83. The monoisotopic (exact) mass is 298 g/mol. The van der Waals surface area contributed by atoms with Crippen molar-refractivity contribution >= 4 is 10.8 Å². The smallest absolute Gasteiger partial charge is 0.163 e. The molecule has 1 saturated heterocycles. The van der Waals surface area contributed by atoms with E-state index in [1.54, 1.807) is 0 Å². The number of hydrogen-bond donors (Lipinski definition) is 0. The van der Waals surface area contributed by atoms with Gasteiger partial charge in [-0.1, -0.05) is 12.8 Å². The van der Waals surface area contributed by atoms with Crippen molar-refractivity contribution in [3.8, 4) is 0 Å². The summed E-state index contributed by atoms with van der Waals surface area (Å²) in [5.74, 6) is 1.86. The minimum atomic E-state index is -0.830. The minimum absolute atomic E-state index is 0.350. The first kappa shape index (κ1) is 14.1. The largest absolute Gasteiger partial charge is 0.381 e. The molecule has 2 fully saturated rings. The first-order valence-corrected chi connectivity index (χ1v) is 8.91. The van der Waals surface area contributed by atoms with E-state index in [1.807, 2.05) is 4.68 Å². The van der Waals surface area contributed by atoms with Crippen molar-refractivity contribution in [3.05, 3.63) is 5.82 Å². The predicted molar refractivity (Wildman–Crippen MR) is 75.5 cm³/mol. The van der Waals surface area contributed by atoms with Crippen molar-refractivity contribution in [1.82, 2.24) is 20.2 Å². The van der Waals surface area contributed by atoms with E-state index in [9.17, 15) is 4.21 Å². The Labute approximate surface area is 121 Å². The molecule has 6 nitrogen and oxygen atoms in total. The molecule has 0 aromatic carbocycles. The number of ether oxygens (including phenoxy) is 1. The van der Waals surface area contributed by atoms with Crippen LogP contribution in [0.5, 0.6) is 0 Å². The molecule has 1 aliphatic carbocycles. The molecule has 1 aromatic rings. The maximum Gasteiger partial charge on any atom is 0.163 e. The van der Waals surface area contributed by atoms with Crippen molar-refractivity contribution in [2.24, 2.45) is 5.92 Å². The van der Waals surface area contributed by atoms with Gasteiger partial charge in [0.1, 0.15) is 0 Å². The van der Waals surface area contributed by atoms with E-state index in [0.717, 1.165) is 51.3 Å². The second kappa shape index (κ2) is 6.76. The van der Waals surface area contributed by atoms with Gasteiger partial charge in [0.15, 0.2) is 5.82 Å². The zero-order chi connectivity index (χ0) is 13.8. The Balaban J connectivity index is 1.59. The van der Waals surface area contributed by atoms with Crippen LogP contribution >= 0.6 is 0 Å². The third-order valence-electron chi connectivity index (χ3n) is 4.32. The predicted octanol–water partition coefficient (Wildman–Crippen LogP) is 1.29. The van der Waals surface area contributed by atoms with Crippen molar-refractivity contribution in [1.29, 1.82) is 0 Å². The molecular formula is C13H22N4O2S. The van der Waals surface area contributed by atoms with Gasteiger partial charge in [-0.15, -0.1) is 5.10 Å². The van der Waals surface area contributed by atoms with Gasteiger partial charge in [-0.3, -0.25) is 4.21 Å². The quantitative estimate of drug-likeness (QED) is 0.819. The molecule has 20 heavy (non-hydrogen) atoms. The summed E-state index contributed by atoms with van der Waals surface area (Å²) in [6.07, 6.45) is 6.73. The average molecular weight is 298 g/mol. The molecule has 1 unspecified atom stereocenters. The highest BCUT2D eigenvalue weighted by Gasteiger charge is 2.24. The van der Waals surface area contributed by atoms with Crippen LogP contribution in [0.3, 0.4) is 0 Å². The van der Waals surface area contributed by atoms with Gasteiger partial charge in [0.2, 0.25) is 0 Å². The molecule has 0 bridgehead atoms. The molecule has 0 spiro atoms. The molecule has 1 saturated carbocycles. The number of aromatic nitrogens is 4. The summed E-state index contributed by atoms with van der Waals surface area (Å²) in [4.78, 5) is 0. The van der Waals surface area contributed by atoms with E-state index in [4.69, 9.17) is 4.74 Å². The highest BCUT2D eigenvalue weighted by molar-refractivity contribution is 7.84. The molecule has 1 aliphatic heterocycles. The zero-order valence-electron chi connectivity index (χ0n) is 11.7. The summed E-state index contributed by atoms with van der Waals surface area (Å²) in [5, 5.41) is 12.3. The molecule has 1 atom stereocenters. The fraction of sp³-hybridized carbons (Fsp3) is 0.923. The molecule has 2 heterocycles. The summed E-state index contributed by atoms with van der Waals surface area (Å²) in [6, 6.07) is 0. The van der Waals surface area contributed by atoms with Gasteiger partial charge >= 0.3 is 0 Å². The number of rotatable bonds is 5. The SMILES string of the molecule is O=S(Cc1nnnn1CC1CCOCC1)C1CCCC1. The molecule has 3 rings (SSSR count). The van der Waals surface area contributed by atoms with Crippen LogP contribution < -0.4 is 0 Å². The molecule has 1 aromatic heterocycles. The van der Waals surface area contributed by atoms with Crippen LogP contribution in [-0.4, -0.2) is 42.9 Å².